The first-order chi connectivity index (χ1) is 9.74. The molecule has 1 aromatic heterocycles. The molecule has 0 aliphatic rings. The molecule has 0 saturated carbocycles. The van der Waals surface area contributed by atoms with Crippen LogP contribution in [0.1, 0.15) is 23.4 Å². The Morgan fingerprint density at radius 1 is 1.20 bits per heavy atom. The third-order valence-corrected chi connectivity index (χ3v) is 4.86. The van der Waals surface area contributed by atoms with Gasteiger partial charge in [0.05, 0.1) is 19.8 Å². The summed E-state index contributed by atoms with van der Waals surface area (Å²) in [7, 11) is 1.69. The van der Waals surface area contributed by atoms with Crippen molar-refractivity contribution in [2.75, 3.05) is 33.5 Å². The lowest BCUT2D eigenvalue weighted by Crippen LogP contribution is -2.23. The van der Waals surface area contributed by atoms with Gasteiger partial charge in [0.15, 0.2) is 0 Å². The quantitative estimate of drug-likeness (QED) is 0.755. The van der Waals surface area contributed by atoms with Crippen LogP contribution in [0.4, 0.5) is 0 Å². The second kappa shape index (κ2) is 7.74. The van der Waals surface area contributed by atoms with Crippen molar-refractivity contribution < 1.29 is 9.47 Å². The topological polar surface area (TPSA) is 30.5 Å². The minimum atomic E-state index is 0.360. The maximum absolute atomic E-state index is 5.47. The van der Waals surface area contributed by atoms with Crippen molar-refractivity contribution >= 4 is 21.4 Å². The van der Waals surface area contributed by atoms with Crippen molar-refractivity contribution in [2.24, 2.45) is 0 Å². The van der Waals surface area contributed by atoms with Gasteiger partial charge in [0.25, 0.3) is 0 Å². The number of thiophene rings is 1. The number of hydrogen-bond donors (Lipinski definition) is 1. The second-order valence-corrected chi connectivity index (χ2v) is 5.95. The Hall–Kier alpha value is -0.940. The zero-order valence-corrected chi connectivity index (χ0v) is 13.3. The Kier molecular flexibility index (Phi) is 5.98. The normalized spacial score (nSPS) is 12.9. The Balaban J connectivity index is 1.88. The number of benzene rings is 1. The molecule has 2 aromatic rings. The van der Waals surface area contributed by atoms with Gasteiger partial charge in [-0.25, -0.2) is 0 Å². The van der Waals surface area contributed by atoms with Crippen LogP contribution in [0.15, 0.2) is 24.3 Å². The summed E-state index contributed by atoms with van der Waals surface area (Å²) in [6, 6.07) is 8.96. The van der Waals surface area contributed by atoms with Gasteiger partial charge < -0.3 is 14.8 Å². The summed E-state index contributed by atoms with van der Waals surface area (Å²) in [5, 5.41) is 4.89. The molecule has 3 nitrogen and oxygen atoms in total. The molecule has 0 amide bonds. The highest BCUT2D eigenvalue weighted by Crippen LogP contribution is 2.34. The summed E-state index contributed by atoms with van der Waals surface area (Å²) < 4.78 is 11.8. The predicted molar refractivity (Wildman–Crippen MR) is 85.7 cm³/mol. The van der Waals surface area contributed by atoms with Crippen LogP contribution in [0.3, 0.4) is 0 Å². The molecular weight excluding hydrogens is 270 g/mol. The monoisotopic (exact) mass is 293 g/mol. The molecule has 1 unspecified atom stereocenters. The average molecular weight is 293 g/mol. The fraction of sp³-hybridized carbons (Fsp3) is 0.500. The fourth-order valence-electron chi connectivity index (χ4n) is 2.29. The highest BCUT2D eigenvalue weighted by molar-refractivity contribution is 7.19. The van der Waals surface area contributed by atoms with Crippen LogP contribution >= 0.6 is 11.3 Å². The van der Waals surface area contributed by atoms with Gasteiger partial charge in [-0.05, 0) is 30.9 Å². The number of ether oxygens (including phenoxy) is 2. The highest BCUT2D eigenvalue weighted by Gasteiger charge is 2.13. The lowest BCUT2D eigenvalue weighted by molar-refractivity contribution is 0.0712. The Bertz CT molecular complexity index is 538. The molecular formula is C16H23NO2S. The maximum Gasteiger partial charge on any atom is 0.0700 e. The molecule has 2 rings (SSSR count). The summed E-state index contributed by atoms with van der Waals surface area (Å²) in [6.07, 6.45) is 0. The van der Waals surface area contributed by atoms with E-state index < -0.39 is 0 Å². The molecule has 0 bridgehead atoms. The summed E-state index contributed by atoms with van der Waals surface area (Å²) >= 11 is 1.88. The van der Waals surface area contributed by atoms with Crippen LogP contribution in [0, 0.1) is 6.92 Å². The van der Waals surface area contributed by atoms with Crippen molar-refractivity contribution in [1.82, 2.24) is 5.32 Å². The minimum absolute atomic E-state index is 0.360. The Morgan fingerprint density at radius 3 is 2.75 bits per heavy atom. The van der Waals surface area contributed by atoms with Gasteiger partial charge in [0.1, 0.15) is 0 Å². The lowest BCUT2D eigenvalue weighted by atomic mass is 10.1. The van der Waals surface area contributed by atoms with Crippen LogP contribution in [-0.2, 0) is 9.47 Å². The molecule has 1 N–H and O–H groups in total. The molecule has 0 spiro atoms. The van der Waals surface area contributed by atoms with E-state index in [-0.39, 0.29) is 0 Å². The number of fused-ring (bicyclic) bond motifs is 1. The highest BCUT2D eigenvalue weighted by atomic mass is 32.1. The van der Waals surface area contributed by atoms with E-state index >= 15 is 0 Å². The Labute approximate surface area is 124 Å². The first-order valence-corrected chi connectivity index (χ1v) is 7.83. The number of nitrogens with one attached hydrogen (secondary N) is 1. The summed E-state index contributed by atoms with van der Waals surface area (Å²) in [5.74, 6) is 0. The molecule has 0 radical (unpaired) electrons. The SMILES string of the molecule is COCCOCCNC(C)c1sc2ccccc2c1C. The van der Waals surface area contributed by atoms with Crippen molar-refractivity contribution in [3.8, 4) is 0 Å². The van der Waals surface area contributed by atoms with Crippen LogP contribution in [0.5, 0.6) is 0 Å². The third-order valence-electron chi connectivity index (χ3n) is 3.40. The number of hydrogen-bond acceptors (Lipinski definition) is 4. The van der Waals surface area contributed by atoms with Gasteiger partial charge in [0.2, 0.25) is 0 Å². The van der Waals surface area contributed by atoms with E-state index in [1.54, 1.807) is 7.11 Å². The molecule has 20 heavy (non-hydrogen) atoms. The first-order valence-electron chi connectivity index (χ1n) is 7.02. The molecule has 1 heterocycles. The van der Waals surface area contributed by atoms with E-state index in [1.165, 1.54) is 20.5 Å². The van der Waals surface area contributed by atoms with Gasteiger partial charge in [-0.3, -0.25) is 0 Å². The first kappa shape index (κ1) is 15.4. The van der Waals surface area contributed by atoms with E-state index in [0.717, 1.165) is 13.2 Å². The van der Waals surface area contributed by atoms with E-state index in [9.17, 15) is 0 Å². The lowest BCUT2D eigenvalue weighted by Gasteiger charge is -2.13. The zero-order chi connectivity index (χ0) is 14.4. The third kappa shape index (κ3) is 3.79. The van der Waals surface area contributed by atoms with Crippen LogP contribution in [0.25, 0.3) is 10.1 Å². The molecule has 110 valence electrons. The standard InChI is InChI=1S/C16H23NO2S/c1-12-14-6-4-5-7-15(14)20-16(12)13(2)17-8-9-19-11-10-18-3/h4-7,13,17H,8-11H2,1-3H3. The number of methoxy groups -OCH3 is 1. The molecule has 0 aliphatic heterocycles. The van der Waals surface area contributed by atoms with Crippen molar-refractivity contribution in [3.05, 3.63) is 34.7 Å². The van der Waals surface area contributed by atoms with Crippen LogP contribution in [-0.4, -0.2) is 33.5 Å². The summed E-state index contributed by atoms with van der Waals surface area (Å²) in [4.78, 5) is 1.42. The van der Waals surface area contributed by atoms with Gasteiger partial charge in [-0.15, -0.1) is 11.3 Å². The van der Waals surface area contributed by atoms with Gasteiger partial charge >= 0.3 is 0 Å². The van der Waals surface area contributed by atoms with E-state index in [4.69, 9.17) is 9.47 Å². The molecule has 1 atom stereocenters. The summed E-state index contributed by atoms with van der Waals surface area (Å²) in [5.41, 5.74) is 1.39. The number of aryl methyl sites for hydroxylation is 1. The fourth-order valence-corrected chi connectivity index (χ4v) is 3.53. The zero-order valence-electron chi connectivity index (χ0n) is 12.4. The minimum Gasteiger partial charge on any atom is -0.382 e. The Morgan fingerprint density at radius 2 is 2.00 bits per heavy atom. The molecule has 1 aromatic carbocycles. The number of rotatable bonds is 8. The maximum atomic E-state index is 5.47. The largest absolute Gasteiger partial charge is 0.382 e. The van der Waals surface area contributed by atoms with Crippen molar-refractivity contribution in [3.63, 3.8) is 0 Å². The van der Waals surface area contributed by atoms with Gasteiger partial charge in [0, 0.05) is 29.3 Å². The molecule has 4 heteroatoms. The van der Waals surface area contributed by atoms with Gasteiger partial charge in [-0.1, -0.05) is 18.2 Å². The van der Waals surface area contributed by atoms with E-state index in [2.05, 4.69) is 43.4 Å². The van der Waals surface area contributed by atoms with Crippen LogP contribution < -0.4 is 5.32 Å². The van der Waals surface area contributed by atoms with Crippen molar-refractivity contribution in [1.29, 1.82) is 0 Å². The second-order valence-electron chi connectivity index (χ2n) is 4.87. The molecule has 0 saturated heterocycles. The van der Waals surface area contributed by atoms with Gasteiger partial charge in [-0.2, -0.15) is 0 Å². The molecule has 0 aliphatic carbocycles. The predicted octanol–water partition coefficient (Wildman–Crippen LogP) is 3.52. The average Bonchev–Trinajstić information content (AvgIpc) is 2.80. The van der Waals surface area contributed by atoms with E-state index in [1.807, 2.05) is 11.3 Å². The summed E-state index contributed by atoms with van der Waals surface area (Å²) in [6.45, 7) is 7.32. The molecule has 0 fully saturated rings. The van der Waals surface area contributed by atoms with E-state index in [0.29, 0.717) is 19.3 Å². The van der Waals surface area contributed by atoms with Crippen molar-refractivity contribution in [2.45, 2.75) is 19.9 Å². The van der Waals surface area contributed by atoms with Crippen LogP contribution in [0.2, 0.25) is 0 Å². The smallest absolute Gasteiger partial charge is 0.0700 e.